The number of nitro groups is 1. The number of sulfonamides is 1. The van der Waals surface area contributed by atoms with Gasteiger partial charge in [0.05, 0.1) is 22.8 Å². The average molecular weight is 441 g/mol. The predicted octanol–water partition coefficient (Wildman–Crippen LogP) is 4.05. The van der Waals surface area contributed by atoms with Crippen molar-refractivity contribution in [3.8, 4) is 5.75 Å². The van der Waals surface area contributed by atoms with E-state index < -0.39 is 31.4 Å². The summed E-state index contributed by atoms with van der Waals surface area (Å²) in [6.45, 7) is 2.37. The van der Waals surface area contributed by atoms with Gasteiger partial charge in [-0.3, -0.25) is 19.6 Å². The second-order valence-electron chi connectivity index (χ2n) is 6.29. The molecule has 0 spiro atoms. The van der Waals surface area contributed by atoms with Crippen molar-refractivity contribution < 1.29 is 22.9 Å². The zero-order valence-electron chi connectivity index (χ0n) is 16.4. The van der Waals surface area contributed by atoms with E-state index in [0.29, 0.717) is 18.0 Å². The van der Waals surface area contributed by atoms with Gasteiger partial charge in [-0.15, -0.1) is 0 Å². The summed E-state index contributed by atoms with van der Waals surface area (Å²) in [6.07, 6.45) is 0. The van der Waals surface area contributed by atoms with Gasteiger partial charge in [-0.05, 0) is 49.4 Å². The smallest absolute Gasteiger partial charge is 0.289 e. The number of ether oxygens (including phenoxy) is 1. The van der Waals surface area contributed by atoms with E-state index in [2.05, 4.69) is 10.0 Å². The Hall–Kier alpha value is -3.92. The number of nitrogens with one attached hydrogen (secondary N) is 2. The molecule has 2 N–H and O–H groups in total. The Morgan fingerprint density at radius 2 is 1.65 bits per heavy atom. The molecule has 0 aliphatic rings. The quantitative estimate of drug-likeness (QED) is 0.401. The van der Waals surface area contributed by atoms with Crippen molar-refractivity contribution in [1.82, 2.24) is 0 Å². The number of anilines is 2. The second kappa shape index (κ2) is 9.26. The van der Waals surface area contributed by atoms with Gasteiger partial charge in [-0.1, -0.05) is 24.3 Å². The number of benzene rings is 3. The molecule has 0 atom stereocenters. The third kappa shape index (κ3) is 5.17. The van der Waals surface area contributed by atoms with Gasteiger partial charge < -0.3 is 10.1 Å². The third-order valence-corrected chi connectivity index (χ3v) is 5.60. The number of hydrogen-bond acceptors (Lipinski definition) is 6. The van der Waals surface area contributed by atoms with E-state index in [4.69, 9.17) is 4.74 Å². The maximum Gasteiger partial charge on any atom is 0.289 e. The van der Waals surface area contributed by atoms with Gasteiger partial charge in [0.1, 0.15) is 5.75 Å². The molecule has 9 nitrogen and oxygen atoms in total. The summed E-state index contributed by atoms with van der Waals surface area (Å²) in [4.78, 5) is 22.7. The number of amides is 1. The fourth-order valence-corrected chi connectivity index (χ4v) is 4.06. The van der Waals surface area contributed by atoms with Crippen LogP contribution < -0.4 is 14.8 Å². The number of hydrogen-bond donors (Lipinski definition) is 2. The Labute approximate surface area is 178 Å². The van der Waals surface area contributed by atoms with Crippen LogP contribution in [0.5, 0.6) is 5.75 Å². The minimum atomic E-state index is -4.32. The van der Waals surface area contributed by atoms with Crippen molar-refractivity contribution in [2.24, 2.45) is 0 Å². The van der Waals surface area contributed by atoms with Gasteiger partial charge in [-0.2, -0.15) is 0 Å². The monoisotopic (exact) mass is 441 g/mol. The number of nitro benzene ring substituents is 1. The highest BCUT2D eigenvalue weighted by Crippen LogP contribution is 2.27. The van der Waals surface area contributed by atoms with Crippen molar-refractivity contribution in [3.05, 3.63) is 88.5 Å². The number of para-hydroxylation sites is 2. The van der Waals surface area contributed by atoms with Gasteiger partial charge in [0, 0.05) is 11.8 Å². The topological polar surface area (TPSA) is 128 Å². The molecular formula is C21H19N3O6S. The van der Waals surface area contributed by atoms with Crippen molar-refractivity contribution in [3.63, 3.8) is 0 Å². The van der Waals surface area contributed by atoms with Crippen LogP contribution in [0, 0.1) is 10.1 Å². The first kappa shape index (κ1) is 21.8. The molecule has 3 aromatic rings. The van der Waals surface area contributed by atoms with E-state index in [0.717, 1.165) is 12.1 Å². The lowest BCUT2D eigenvalue weighted by molar-refractivity contribution is -0.387. The third-order valence-electron chi connectivity index (χ3n) is 4.19. The minimum Gasteiger partial charge on any atom is -0.494 e. The van der Waals surface area contributed by atoms with Crippen LogP contribution in [-0.4, -0.2) is 25.9 Å². The Bertz CT molecular complexity index is 1210. The summed E-state index contributed by atoms with van der Waals surface area (Å²) in [5.74, 6) is 0.100. The van der Waals surface area contributed by atoms with Gasteiger partial charge in [0.25, 0.3) is 21.6 Å². The molecule has 0 heterocycles. The lowest BCUT2D eigenvalue weighted by Crippen LogP contribution is -2.19. The molecule has 0 saturated carbocycles. The Morgan fingerprint density at radius 3 is 2.32 bits per heavy atom. The predicted molar refractivity (Wildman–Crippen MR) is 116 cm³/mol. The molecule has 0 aliphatic heterocycles. The molecule has 10 heteroatoms. The molecule has 3 rings (SSSR count). The number of rotatable bonds is 8. The highest BCUT2D eigenvalue weighted by molar-refractivity contribution is 7.92. The van der Waals surface area contributed by atoms with Crippen molar-refractivity contribution in [2.75, 3.05) is 16.6 Å². The lowest BCUT2D eigenvalue weighted by Gasteiger charge is -2.13. The fraction of sp³-hybridized carbons (Fsp3) is 0.0952. The van der Waals surface area contributed by atoms with E-state index in [1.807, 2.05) is 6.92 Å². The van der Waals surface area contributed by atoms with Crippen LogP contribution in [0.25, 0.3) is 0 Å². The van der Waals surface area contributed by atoms with Crippen molar-refractivity contribution in [1.29, 1.82) is 0 Å². The largest absolute Gasteiger partial charge is 0.494 e. The van der Waals surface area contributed by atoms with Crippen LogP contribution in [-0.2, 0) is 10.0 Å². The Morgan fingerprint density at radius 1 is 1.00 bits per heavy atom. The van der Waals surface area contributed by atoms with Crippen LogP contribution in [0.4, 0.5) is 17.1 Å². The van der Waals surface area contributed by atoms with Crippen LogP contribution in [0.1, 0.15) is 17.3 Å². The molecule has 0 unspecified atom stereocenters. The zero-order valence-corrected chi connectivity index (χ0v) is 17.3. The molecule has 1 amide bonds. The molecule has 0 saturated heterocycles. The molecule has 0 radical (unpaired) electrons. The number of carbonyl (C=O) groups is 1. The highest BCUT2D eigenvalue weighted by atomic mass is 32.2. The second-order valence-corrected chi connectivity index (χ2v) is 7.94. The highest BCUT2D eigenvalue weighted by Gasteiger charge is 2.26. The maximum absolute atomic E-state index is 12.8. The summed E-state index contributed by atoms with van der Waals surface area (Å²) >= 11 is 0. The first-order valence-corrected chi connectivity index (χ1v) is 10.7. The van der Waals surface area contributed by atoms with E-state index in [-0.39, 0.29) is 11.3 Å². The summed E-state index contributed by atoms with van der Waals surface area (Å²) in [7, 11) is -4.32. The summed E-state index contributed by atoms with van der Waals surface area (Å²) in [6, 6.07) is 17.7. The molecule has 0 aromatic heterocycles. The standard InChI is InChI=1S/C21H19N3O6S/c1-2-30-16-13-11-15(12-14-16)22-21(25)17-7-3-4-8-18(17)23-31(28,29)20-10-6-5-9-19(20)24(26)27/h3-14,23H,2H2,1H3,(H,22,25). The van der Waals surface area contributed by atoms with Gasteiger partial charge >= 0.3 is 0 Å². The molecular weight excluding hydrogens is 422 g/mol. The Kier molecular flexibility index (Phi) is 6.51. The summed E-state index contributed by atoms with van der Waals surface area (Å²) in [5.41, 5.74) is -0.0289. The molecule has 0 bridgehead atoms. The molecule has 3 aromatic carbocycles. The zero-order chi connectivity index (χ0) is 22.4. The van der Waals surface area contributed by atoms with E-state index in [1.165, 1.54) is 24.3 Å². The lowest BCUT2D eigenvalue weighted by atomic mass is 10.1. The van der Waals surface area contributed by atoms with E-state index in [1.54, 1.807) is 36.4 Å². The number of carbonyl (C=O) groups excluding carboxylic acids is 1. The SMILES string of the molecule is CCOc1ccc(NC(=O)c2ccccc2NS(=O)(=O)c2ccccc2[N+](=O)[O-])cc1. The first-order valence-electron chi connectivity index (χ1n) is 9.21. The van der Waals surface area contributed by atoms with Gasteiger partial charge in [-0.25, -0.2) is 8.42 Å². The minimum absolute atomic E-state index is 0.0101. The van der Waals surface area contributed by atoms with Crippen LogP contribution in [0.15, 0.2) is 77.7 Å². The average Bonchev–Trinajstić information content (AvgIpc) is 2.75. The fourth-order valence-electron chi connectivity index (χ4n) is 2.80. The van der Waals surface area contributed by atoms with Crippen LogP contribution >= 0.6 is 0 Å². The normalized spacial score (nSPS) is 10.9. The molecule has 0 aliphatic carbocycles. The van der Waals surface area contributed by atoms with Gasteiger partial charge in [0.15, 0.2) is 4.90 Å². The van der Waals surface area contributed by atoms with Crippen molar-refractivity contribution in [2.45, 2.75) is 11.8 Å². The van der Waals surface area contributed by atoms with Gasteiger partial charge in [0.2, 0.25) is 0 Å². The molecule has 0 fully saturated rings. The van der Waals surface area contributed by atoms with Crippen molar-refractivity contribution >= 4 is 33.0 Å². The first-order chi connectivity index (χ1) is 14.8. The van der Waals surface area contributed by atoms with Crippen LogP contribution in [0.3, 0.4) is 0 Å². The van der Waals surface area contributed by atoms with Crippen LogP contribution in [0.2, 0.25) is 0 Å². The van der Waals surface area contributed by atoms with E-state index in [9.17, 15) is 23.3 Å². The molecule has 31 heavy (non-hydrogen) atoms. The summed E-state index contributed by atoms with van der Waals surface area (Å²) < 4.78 is 33.2. The number of nitrogens with zero attached hydrogens (tertiary/aromatic N) is 1. The maximum atomic E-state index is 12.8. The van der Waals surface area contributed by atoms with E-state index >= 15 is 0 Å². The summed E-state index contributed by atoms with van der Waals surface area (Å²) in [5, 5.41) is 13.9. The Balaban J connectivity index is 1.86. The molecule has 160 valence electrons.